The molecule has 1 aliphatic rings. The van der Waals surface area contributed by atoms with Crippen LogP contribution in [0.3, 0.4) is 0 Å². The van der Waals surface area contributed by atoms with E-state index in [0.717, 1.165) is 56.0 Å². The number of ether oxygens (including phenoxy) is 2. The largest absolute Gasteiger partial charge is 0.493 e. The van der Waals surface area contributed by atoms with Gasteiger partial charge in [-0.2, -0.15) is 0 Å². The van der Waals surface area contributed by atoms with E-state index in [1.54, 1.807) is 14.2 Å². The molecule has 2 rings (SSSR count). The summed E-state index contributed by atoms with van der Waals surface area (Å²) in [6.07, 6.45) is 5.62. The second kappa shape index (κ2) is 9.40. The summed E-state index contributed by atoms with van der Waals surface area (Å²) in [6.45, 7) is 3.02. The van der Waals surface area contributed by atoms with Gasteiger partial charge in [-0.3, -0.25) is 4.79 Å². The second-order valence-corrected chi connectivity index (χ2v) is 5.91. The van der Waals surface area contributed by atoms with Crippen LogP contribution in [0.4, 0.5) is 0 Å². The summed E-state index contributed by atoms with van der Waals surface area (Å²) in [4.78, 5) is 14.2. The first-order valence-electron chi connectivity index (χ1n) is 8.44. The average Bonchev–Trinajstić information content (AvgIpc) is 2.87. The molecule has 5 heteroatoms. The van der Waals surface area contributed by atoms with E-state index in [4.69, 9.17) is 9.47 Å². The van der Waals surface area contributed by atoms with Gasteiger partial charge in [0.1, 0.15) is 0 Å². The summed E-state index contributed by atoms with van der Waals surface area (Å²) in [5.74, 6) is 1.70. The Morgan fingerprint density at radius 2 is 1.78 bits per heavy atom. The number of amides is 1. The summed E-state index contributed by atoms with van der Waals surface area (Å²) in [7, 11) is 3.27. The SMILES string of the molecule is COc1ccc(CCNCC(=O)N2CCCCCC2)cc1OC. The molecule has 5 nitrogen and oxygen atoms in total. The lowest BCUT2D eigenvalue weighted by Crippen LogP contribution is -2.39. The fourth-order valence-corrected chi connectivity index (χ4v) is 2.90. The number of methoxy groups -OCH3 is 2. The molecule has 0 unspecified atom stereocenters. The molecule has 1 fully saturated rings. The van der Waals surface area contributed by atoms with Crippen LogP contribution in [0, 0.1) is 0 Å². The van der Waals surface area contributed by atoms with E-state index in [1.165, 1.54) is 12.8 Å². The molecule has 128 valence electrons. The fourth-order valence-electron chi connectivity index (χ4n) is 2.90. The molecule has 0 saturated carbocycles. The van der Waals surface area contributed by atoms with Gasteiger partial charge in [0.15, 0.2) is 11.5 Å². The van der Waals surface area contributed by atoms with Crippen LogP contribution in [-0.2, 0) is 11.2 Å². The van der Waals surface area contributed by atoms with Crippen LogP contribution in [-0.4, -0.2) is 51.2 Å². The Morgan fingerprint density at radius 3 is 2.43 bits per heavy atom. The minimum Gasteiger partial charge on any atom is -0.493 e. The molecule has 0 aromatic heterocycles. The Labute approximate surface area is 139 Å². The summed E-state index contributed by atoms with van der Waals surface area (Å²) < 4.78 is 10.5. The maximum atomic E-state index is 12.2. The van der Waals surface area contributed by atoms with Gasteiger partial charge < -0.3 is 19.7 Å². The first kappa shape index (κ1) is 17.6. The van der Waals surface area contributed by atoms with Crippen molar-refractivity contribution in [3.63, 3.8) is 0 Å². The van der Waals surface area contributed by atoms with Crippen molar-refractivity contribution in [2.24, 2.45) is 0 Å². The normalized spacial score (nSPS) is 15.1. The molecular weight excluding hydrogens is 292 g/mol. The van der Waals surface area contributed by atoms with Crippen LogP contribution < -0.4 is 14.8 Å². The van der Waals surface area contributed by atoms with Gasteiger partial charge in [-0.25, -0.2) is 0 Å². The average molecular weight is 320 g/mol. The van der Waals surface area contributed by atoms with Gasteiger partial charge in [0.25, 0.3) is 0 Å². The first-order valence-corrected chi connectivity index (χ1v) is 8.44. The van der Waals surface area contributed by atoms with Crippen molar-refractivity contribution in [3.05, 3.63) is 23.8 Å². The zero-order valence-corrected chi connectivity index (χ0v) is 14.3. The third-order valence-corrected chi connectivity index (χ3v) is 4.27. The lowest BCUT2D eigenvalue weighted by Gasteiger charge is -2.20. The lowest BCUT2D eigenvalue weighted by molar-refractivity contribution is -0.130. The lowest BCUT2D eigenvalue weighted by atomic mass is 10.1. The Bertz CT molecular complexity index is 497. The number of likely N-dealkylation sites (tertiary alicyclic amines) is 1. The predicted molar refractivity (Wildman–Crippen MR) is 91.2 cm³/mol. The van der Waals surface area contributed by atoms with Crippen molar-refractivity contribution in [2.45, 2.75) is 32.1 Å². The molecule has 1 aromatic rings. The summed E-state index contributed by atoms with van der Waals surface area (Å²) in [6, 6.07) is 5.92. The molecule has 0 aliphatic carbocycles. The van der Waals surface area contributed by atoms with Gasteiger partial charge >= 0.3 is 0 Å². The molecular formula is C18H28N2O3. The van der Waals surface area contributed by atoms with E-state index in [9.17, 15) is 4.79 Å². The molecule has 1 N–H and O–H groups in total. The van der Waals surface area contributed by atoms with Crippen LogP contribution >= 0.6 is 0 Å². The van der Waals surface area contributed by atoms with E-state index in [2.05, 4.69) is 5.32 Å². The Morgan fingerprint density at radius 1 is 1.09 bits per heavy atom. The molecule has 1 aliphatic heterocycles. The summed E-state index contributed by atoms with van der Waals surface area (Å²) in [5, 5.41) is 3.25. The predicted octanol–water partition coefficient (Wildman–Crippen LogP) is 2.24. The molecule has 1 amide bonds. The Balaban J connectivity index is 1.73. The topological polar surface area (TPSA) is 50.8 Å². The minimum atomic E-state index is 0.221. The fraction of sp³-hybridized carbons (Fsp3) is 0.611. The van der Waals surface area contributed by atoms with Gasteiger partial charge in [0.2, 0.25) is 5.91 Å². The highest BCUT2D eigenvalue weighted by molar-refractivity contribution is 5.78. The number of carbonyl (C=O) groups is 1. The zero-order valence-electron chi connectivity index (χ0n) is 14.3. The number of hydrogen-bond acceptors (Lipinski definition) is 4. The summed E-state index contributed by atoms with van der Waals surface area (Å²) >= 11 is 0. The molecule has 1 heterocycles. The molecule has 1 aromatic carbocycles. The maximum Gasteiger partial charge on any atom is 0.236 e. The van der Waals surface area contributed by atoms with Gasteiger partial charge in [-0.15, -0.1) is 0 Å². The molecule has 0 radical (unpaired) electrons. The van der Waals surface area contributed by atoms with Crippen molar-refractivity contribution < 1.29 is 14.3 Å². The smallest absolute Gasteiger partial charge is 0.236 e. The van der Waals surface area contributed by atoms with Crippen molar-refractivity contribution in [3.8, 4) is 11.5 Å². The molecule has 0 bridgehead atoms. The molecule has 23 heavy (non-hydrogen) atoms. The number of hydrogen-bond donors (Lipinski definition) is 1. The van der Waals surface area contributed by atoms with E-state index in [0.29, 0.717) is 6.54 Å². The Hall–Kier alpha value is -1.75. The van der Waals surface area contributed by atoms with Gasteiger partial charge in [0, 0.05) is 13.1 Å². The highest BCUT2D eigenvalue weighted by Gasteiger charge is 2.14. The van der Waals surface area contributed by atoms with Gasteiger partial charge in [0.05, 0.1) is 20.8 Å². The van der Waals surface area contributed by atoms with Crippen LogP contribution in [0.5, 0.6) is 11.5 Å². The van der Waals surface area contributed by atoms with Crippen molar-refractivity contribution in [1.29, 1.82) is 0 Å². The van der Waals surface area contributed by atoms with E-state index in [1.807, 2.05) is 23.1 Å². The molecule has 0 atom stereocenters. The highest BCUT2D eigenvalue weighted by Crippen LogP contribution is 2.27. The number of rotatable bonds is 7. The van der Waals surface area contributed by atoms with Crippen LogP contribution in [0.1, 0.15) is 31.2 Å². The number of benzene rings is 1. The monoisotopic (exact) mass is 320 g/mol. The molecule has 0 spiro atoms. The minimum absolute atomic E-state index is 0.221. The highest BCUT2D eigenvalue weighted by atomic mass is 16.5. The van der Waals surface area contributed by atoms with Crippen LogP contribution in [0.25, 0.3) is 0 Å². The van der Waals surface area contributed by atoms with Crippen LogP contribution in [0.2, 0.25) is 0 Å². The third-order valence-electron chi connectivity index (χ3n) is 4.27. The van der Waals surface area contributed by atoms with Crippen LogP contribution in [0.15, 0.2) is 18.2 Å². The van der Waals surface area contributed by atoms with Crippen molar-refractivity contribution in [1.82, 2.24) is 10.2 Å². The van der Waals surface area contributed by atoms with Gasteiger partial charge in [-0.1, -0.05) is 18.9 Å². The first-order chi connectivity index (χ1) is 11.2. The standard InChI is InChI=1S/C18H28N2O3/c1-22-16-8-7-15(13-17(16)23-2)9-10-19-14-18(21)20-11-5-3-4-6-12-20/h7-8,13,19H,3-6,9-12,14H2,1-2H3. The number of nitrogens with zero attached hydrogens (tertiary/aromatic N) is 1. The zero-order chi connectivity index (χ0) is 16.5. The summed E-state index contributed by atoms with van der Waals surface area (Å²) in [5.41, 5.74) is 1.16. The van der Waals surface area contributed by atoms with E-state index >= 15 is 0 Å². The Kier molecular flexibility index (Phi) is 7.20. The van der Waals surface area contributed by atoms with Crippen molar-refractivity contribution >= 4 is 5.91 Å². The second-order valence-electron chi connectivity index (χ2n) is 5.91. The van der Waals surface area contributed by atoms with E-state index < -0.39 is 0 Å². The van der Waals surface area contributed by atoms with Gasteiger partial charge in [-0.05, 0) is 43.5 Å². The quantitative estimate of drug-likeness (QED) is 0.783. The molecule has 1 saturated heterocycles. The third kappa shape index (κ3) is 5.43. The number of carbonyl (C=O) groups excluding carboxylic acids is 1. The van der Waals surface area contributed by atoms with E-state index in [-0.39, 0.29) is 5.91 Å². The van der Waals surface area contributed by atoms with Crippen molar-refractivity contribution in [2.75, 3.05) is 40.4 Å². The number of nitrogens with one attached hydrogen (secondary N) is 1. The maximum absolute atomic E-state index is 12.2.